The van der Waals surface area contributed by atoms with Crippen LogP contribution in [0.3, 0.4) is 0 Å². The molecule has 4 heteroatoms. The fourth-order valence-electron chi connectivity index (χ4n) is 1.69. The van der Waals surface area contributed by atoms with E-state index in [0.717, 1.165) is 43.1 Å². The van der Waals surface area contributed by atoms with Crippen molar-refractivity contribution in [3.8, 4) is 0 Å². The largest absolute Gasteiger partial charge is 0.469 e. The Hall–Kier alpha value is -1.97. The average molecular weight is 245 g/mol. The molecule has 4 nitrogen and oxygen atoms in total. The van der Waals surface area contributed by atoms with Gasteiger partial charge in [-0.15, -0.1) is 0 Å². The molecule has 0 aliphatic rings. The first-order valence-electron chi connectivity index (χ1n) is 6.33. The van der Waals surface area contributed by atoms with Gasteiger partial charge in [-0.05, 0) is 24.6 Å². The first-order chi connectivity index (χ1) is 8.88. The number of anilines is 2. The minimum atomic E-state index is 0.840. The SMILES string of the molecule is CCCNc1cncc(NCCc2ccco2)c1. The van der Waals surface area contributed by atoms with Crippen molar-refractivity contribution in [1.29, 1.82) is 0 Å². The lowest BCUT2D eigenvalue weighted by molar-refractivity contribution is 0.513. The predicted octanol–water partition coefficient (Wildman–Crippen LogP) is 3.15. The van der Waals surface area contributed by atoms with Gasteiger partial charge in [-0.2, -0.15) is 0 Å². The molecule has 2 N–H and O–H groups in total. The molecule has 0 aliphatic carbocycles. The number of nitrogens with one attached hydrogen (secondary N) is 2. The molecular formula is C14H19N3O. The maximum atomic E-state index is 5.28. The molecule has 0 unspecified atom stereocenters. The molecule has 0 saturated heterocycles. The molecule has 96 valence electrons. The summed E-state index contributed by atoms with van der Waals surface area (Å²) in [5.41, 5.74) is 2.09. The highest BCUT2D eigenvalue weighted by molar-refractivity contribution is 5.53. The van der Waals surface area contributed by atoms with Crippen molar-refractivity contribution >= 4 is 11.4 Å². The fraction of sp³-hybridized carbons (Fsp3) is 0.357. The zero-order valence-corrected chi connectivity index (χ0v) is 10.6. The summed E-state index contributed by atoms with van der Waals surface area (Å²) < 4.78 is 5.28. The Morgan fingerprint density at radius 3 is 2.61 bits per heavy atom. The third-order valence-electron chi connectivity index (χ3n) is 2.60. The van der Waals surface area contributed by atoms with Crippen LogP contribution in [-0.2, 0) is 6.42 Å². The van der Waals surface area contributed by atoms with Gasteiger partial charge in [0, 0.05) is 19.5 Å². The molecule has 0 aliphatic heterocycles. The van der Waals surface area contributed by atoms with E-state index in [-0.39, 0.29) is 0 Å². The van der Waals surface area contributed by atoms with Gasteiger partial charge in [0.05, 0.1) is 30.0 Å². The number of rotatable bonds is 7. The molecule has 2 aromatic rings. The Kier molecular flexibility index (Phi) is 4.64. The van der Waals surface area contributed by atoms with Gasteiger partial charge in [-0.1, -0.05) is 6.92 Å². The fourth-order valence-corrected chi connectivity index (χ4v) is 1.69. The summed E-state index contributed by atoms with van der Waals surface area (Å²) in [6, 6.07) is 5.97. The van der Waals surface area contributed by atoms with Crippen LogP contribution in [0.1, 0.15) is 19.1 Å². The molecular weight excluding hydrogens is 226 g/mol. The minimum absolute atomic E-state index is 0.840. The lowest BCUT2D eigenvalue weighted by Gasteiger charge is -2.08. The number of nitrogens with zero attached hydrogens (tertiary/aromatic N) is 1. The second-order valence-corrected chi connectivity index (χ2v) is 4.15. The average Bonchev–Trinajstić information content (AvgIpc) is 2.90. The highest BCUT2D eigenvalue weighted by Crippen LogP contribution is 2.13. The molecule has 2 rings (SSSR count). The van der Waals surface area contributed by atoms with Crippen LogP contribution in [0.25, 0.3) is 0 Å². The van der Waals surface area contributed by atoms with Gasteiger partial charge in [-0.25, -0.2) is 0 Å². The van der Waals surface area contributed by atoms with E-state index >= 15 is 0 Å². The Morgan fingerprint density at radius 1 is 1.17 bits per heavy atom. The van der Waals surface area contributed by atoms with Crippen LogP contribution in [-0.4, -0.2) is 18.1 Å². The number of furan rings is 1. The Morgan fingerprint density at radius 2 is 1.94 bits per heavy atom. The first-order valence-corrected chi connectivity index (χ1v) is 6.33. The second-order valence-electron chi connectivity index (χ2n) is 4.15. The van der Waals surface area contributed by atoms with Gasteiger partial charge in [0.2, 0.25) is 0 Å². The van der Waals surface area contributed by atoms with Crippen molar-refractivity contribution in [2.75, 3.05) is 23.7 Å². The number of hydrogen-bond donors (Lipinski definition) is 2. The summed E-state index contributed by atoms with van der Waals surface area (Å²) in [5, 5.41) is 6.65. The van der Waals surface area contributed by atoms with Crippen molar-refractivity contribution < 1.29 is 4.42 Å². The smallest absolute Gasteiger partial charge is 0.105 e. The van der Waals surface area contributed by atoms with Crippen LogP contribution in [0.4, 0.5) is 11.4 Å². The second kappa shape index (κ2) is 6.69. The van der Waals surface area contributed by atoms with Crippen LogP contribution < -0.4 is 10.6 Å². The van der Waals surface area contributed by atoms with Gasteiger partial charge in [0.25, 0.3) is 0 Å². The molecule has 18 heavy (non-hydrogen) atoms. The van der Waals surface area contributed by atoms with Crippen molar-refractivity contribution in [2.45, 2.75) is 19.8 Å². The Balaban J connectivity index is 1.81. The quantitative estimate of drug-likeness (QED) is 0.786. The molecule has 0 bridgehead atoms. The lowest BCUT2D eigenvalue weighted by atomic mass is 10.3. The maximum absolute atomic E-state index is 5.28. The van der Waals surface area contributed by atoms with Gasteiger partial charge in [0.1, 0.15) is 5.76 Å². The third kappa shape index (κ3) is 3.80. The zero-order valence-electron chi connectivity index (χ0n) is 10.6. The van der Waals surface area contributed by atoms with E-state index < -0.39 is 0 Å². The summed E-state index contributed by atoms with van der Waals surface area (Å²) >= 11 is 0. The normalized spacial score (nSPS) is 10.3. The van der Waals surface area contributed by atoms with E-state index in [9.17, 15) is 0 Å². The van der Waals surface area contributed by atoms with E-state index in [1.54, 1.807) is 6.26 Å². The predicted molar refractivity (Wildman–Crippen MR) is 73.9 cm³/mol. The lowest BCUT2D eigenvalue weighted by Crippen LogP contribution is -2.06. The number of pyridine rings is 1. The van der Waals surface area contributed by atoms with E-state index in [1.807, 2.05) is 24.5 Å². The monoisotopic (exact) mass is 245 g/mol. The highest BCUT2D eigenvalue weighted by atomic mass is 16.3. The van der Waals surface area contributed by atoms with Gasteiger partial charge in [-0.3, -0.25) is 4.98 Å². The number of aromatic nitrogens is 1. The van der Waals surface area contributed by atoms with Crippen LogP contribution in [0, 0.1) is 0 Å². The molecule has 0 amide bonds. The highest BCUT2D eigenvalue weighted by Gasteiger charge is 1.98. The van der Waals surface area contributed by atoms with Gasteiger partial charge < -0.3 is 15.1 Å². The van der Waals surface area contributed by atoms with Crippen molar-refractivity contribution in [2.24, 2.45) is 0 Å². The van der Waals surface area contributed by atoms with E-state index in [1.165, 1.54) is 0 Å². The van der Waals surface area contributed by atoms with Crippen LogP contribution in [0.15, 0.2) is 41.3 Å². The summed E-state index contributed by atoms with van der Waals surface area (Å²) in [5.74, 6) is 0.996. The van der Waals surface area contributed by atoms with Crippen LogP contribution in [0.2, 0.25) is 0 Å². The van der Waals surface area contributed by atoms with Gasteiger partial charge in [0.15, 0.2) is 0 Å². The first kappa shape index (κ1) is 12.5. The van der Waals surface area contributed by atoms with Crippen molar-refractivity contribution in [3.63, 3.8) is 0 Å². The Bertz CT molecular complexity index is 454. The molecule has 0 atom stereocenters. The topological polar surface area (TPSA) is 50.1 Å². The molecule has 0 saturated carbocycles. The van der Waals surface area contributed by atoms with Gasteiger partial charge >= 0.3 is 0 Å². The molecule has 2 heterocycles. The summed E-state index contributed by atoms with van der Waals surface area (Å²) in [4.78, 5) is 4.20. The van der Waals surface area contributed by atoms with E-state index in [0.29, 0.717) is 0 Å². The summed E-state index contributed by atoms with van der Waals surface area (Å²) in [6.07, 6.45) is 7.36. The maximum Gasteiger partial charge on any atom is 0.105 e. The van der Waals surface area contributed by atoms with Crippen LogP contribution in [0.5, 0.6) is 0 Å². The van der Waals surface area contributed by atoms with Crippen LogP contribution >= 0.6 is 0 Å². The molecule has 0 radical (unpaired) electrons. The Labute approximate surface area is 107 Å². The minimum Gasteiger partial charge on any atom is -0.469 e. The zero-order chi connectivity index (χ0) is 12.6. The third-order valence-corrected chi connectivity index (χ3v) is 2.60. The van der Waals surface area contributed by atoms with E-state index in [2.05, 4.69) is 28.6 Å². The summed E-state index contributed by atoms with van der Waals surface area (Å²) in [7, 11) is 0. The molecule has 0 aromatic carbocycles. The van der Waals surface area contributed by atoms with Crippen molar-refractivity contribution in [1.82, 2.24) is 4.98 Å². The molecule has 0 spiro atoms. The molecule has 2 aromatic heterocycles. The molecule has 0 fully saturated rings. The van der Waals surface area contributed by atoms with Crippen molar-refractivity contribution in [3.05, 3.63) is 42.6 Å². The standard InChI is InChI=1S/C14H19N3O/c1-2-6-16-12-9-13(11-15-10-12)17-7-5-14-4-3-8-18-14/h3-4,8-11,16-17H,2,5-7H2,1H3. The summed E-state index contributed by atoms with van der Waals surface area (Å²) in [6.45, 7) is 3.95. The van der Waals surface area contributed by atoms with E-state index in [4.69, 9.17) is 4.42 Å². The number of hydrogen-bond acceptors (Lipinski definition) is 4.